The molecule has 2 rings (SSSR count). The summed E-state index contributed by atoms with van der Waals surface area (Å²) in [6.07, 6.45) is 9.31. The summed E-state index contributed by atoms with van der Waals surface area (Å²) in [7, 11) is 0. The van der Waals surface area contributed by atoms with Crippen molar-refractivity contribution in [1.82, 2.24) is 0 Å². The highest BCUT2D eigenvalue weighted by Crippen LogP contribution is 2.49. The van der Waals surface area contributed by atoms with Crippen LogP contribution in [0.1, 0.15) is 33.1 Å². The molecule has 2 aliphatic carbocycles. The first-order valence-electron chi connectivity index (χ1n) is 5.03. The molecule has 0 saturated carbocycles. The average molecular weight is 176 g/mol. The summed E-state index contributed by atoms with van der Waals surface area (Å²) in [5.74, 6) is 0.916. The monoisotopic (exact) mass is 176 g/mol. The minimum Gasteiger partial charge on any atom is -0.295 e. The van der Waals surface area contributed by atoms with E-state index in [1.807, 2.05) is 6.08 Å². The molecule has 0 N–H and O–H groups in total. The van der Waals surface area contributed by atoms with Gasteiger partial charge in [-0.25, -0.2) is 0 Å². The number of rotatable bonds is 0. The Bertz CT molecular complexity index is 298. The van der Waals surface area contributed by atoms with Crippen LogP contribution in [0.4, 0.5) is 0 Å². The normalized spacial score (nSPS) is 38.5. The number of hydrogen-bond acceptors (Lipinski definition) is 1. The van der Waals surface area contributed by atoms with Crippen molar-refractivity contribution in [3.8, 4) is 0 Å². The van der Waals surface area contributed by atoms with Crippen LogP contribution in [0, 0.1) is 11.3 Å². The smallest absolute Gasteiger partial charge is 0.155 e. The van der Waals surface area contributed by atoms with E-state index in [9.17, 15) is 4.79 Å². The largest absolute Gasteiger partial charge is 0.295 e. The third-order valence-corrected chi connectivity index (χ3v) is 3.76. The molecule has 1 spiro atoms. The van der Waals surface area contributed by atoms with Crippen LogP contribution in [0.5, 0.6) is 0 Å². The van der Waals surface area contributed by atoms with Crippen LogP contribution in [0.2, 0.25) is 0 Å². The van der Waals surface area contributed by atoms with Gasteiger partial charge in [-0.1, -0.05) is 24.6 Å². The maximum atomic E-state index is 11.2. The number of carbonyl (C=O) groups is 1. The summed E-state index contributed by atoms with van der Waals surface area (Å²) in [5, 5.41) is 0. The van der Waals surface area contributed by atoms with Gasteiger partial charge in [0.1, 0.15) is 0 Å². The summed E-state index contributed by atoms with van der Waals surface area (Å²) in [6.45, 7) is 4.37. The van der Waals surface area contributed by atoms with Gasteiger partial charge in [0.2, 0.25) is 0 Å². The highest BCUT2D eigenvalue weighted by Gasteiger charge is 2.40. The fourth-order valence-electron chi connectivity index (χ4n) is 2.70. The lowest BCUT2D eigenvalue weighted by Gasteiger charge is -2.37. The van der Waals surface area contributed by atoms with Crippen molar-refractivity contribution in [2.75, 3.05) is 0 Å². The van der Waals surface area contributed by atoms with Crippen LogP contribution in [0.25, 0.3) is 0 Å². The standard InChI is InChI=1S/C12H16O/c1-9-4-3-6-12(9)7-5-11(13)8-10(12)2/h3-4,8-9H,5-7H2,1-2H3/t9-,12+/m0/s1. The van der Waals surface area contributed by atoms with Crippen molar-refractivity contribution < 1.29 is 4.79 Å². The van der Waals surface area contributed by atoms with Crippen LogP contribution in [-0.2, 0) is 4.79 Å². The molecule has 0 bridgehead atoms. The predicted molar refractivity (Wildman–Crippen MR) is 53.4 cm³/mol. The zero-order valence-corrected chi connectivity index (χ0v) is 8.34. The first-order valence-corrected chi connectivity index (χ1v) is 5.03. The number of ketones is 1. The lowest BCUT2D eigenvalue weighted by Crippen LogP contribution is -2.30. The highest BCUT2D eigenvalue weighted by atomic mass is 16.1. The van der Waals surface area contributed by atoms with E-state index in [1.165, 1.54) is 5.57 Å². The molecule has 2 atom stereocenters. The van der Waals surface area contributed by atoms with Crippen molar-refractivity contribution in [3.63, 3.8) is 0 Å². The molecule has 13 heavy (non-hydrogen) atoms. The molecule has 0 radical (unpaired) electrons. The second-order valence-electron chi connectivity index (χ2n) is 4.37. The van der Waals surface area contributed by atoms with E-state index < -0.39 is 0 Å². The van der Waals surface area contributed by atoms with Gasteiger partial charge < -0.3 is 0 Å². The number of hydrogen-bond donors (Lipinski definition) is 0. The third kappa shape index (κ3) is 1.18. The molecule has 0 unspecified atom stereocenters. The summed E-state index contributed by atoms with van der Waals surface area (Å²) in [4.78, 5) is 11.2. The van der Waals surface area contributed by atoms with E-state index in [4.69, 9.17) is 0 Å². The van der Waals surface area contributed by atoms with Gasteiger partial charge in [-0.3, -0.25) is 4.79 Å². The third-order valence-electron chi connectivity index (χ3n) is 3.76. The van der Waals surface area contributed by atoms with Crippen molar-refractivity contribution in [2.45, 2.75) is 33.1 Å². The summed E-state index contributed by atoms with van der Waals surface area (Å²) < 4.78 is 0. The minimum absolute atomic E-state index is 0.300. The summed E-state index contributed by atoms with van der Waals surface area (Å²) in [5.41, 5.74) is 1.59. The Morgan fingerprint density at radius 2 is 2.31 bits per heavy atom. The van der Waals surface area contributed by atoms with Crippen molar-refractivity contribution >= 4 is 5.78 Å². The molecule has 1 nitrogen and oxygen atoms in total. The molecular weight excluding hydrogens is 160 g/mol. The van der Waals surface area contributed by atoms with Crippen LogP contribution >= 0.6 is 0 Å². The Morgan fingerprint density at radius 1 is 1.54 bits per heavy atom. The van der Waals surface area contributed by atoms with Crippen LogP contribution in [-0.4, -0.2) is 5.78 Å². The summed E-state index contributed by atoms with van der Waals surface area (Å²) >= 11 is 0. The van der Waals surface area contributed by atoms with Crippen molar-refractivity contribution in [1.29, 1.82) is 0 Å². The fraction of sp³-hybridized carbons (Fsp3) is 0.583. The molecule has 1 heteroatoms. The Labute approximate surface area is 79.5 Å². The average Bonchev–Trinajstić information content (AvgIpc) is 2.43. The molecule has 70 valence electrons. The maximum absolute atomic E-state index is 11.2. The Morgan fingerprint density at radius 3 is 2.85 bits per heavy atom. The van der Waals surface area contributed by atoms with E-state index >= 15 is 0 Å². The molecular formula is C12H16O. The topological polar surface area (TPSA) is 17.1 Å². The van der Waals surface area contributed by atoms with Gasteiger partial charge in [-0.2, -0.15) is 0 Å². The van der Waals surface area contributed by atoms with E-state index in [-0.39, 0.29) is 0 Å². The summed E-state index contributed by atoms with van der Waals surface area (Å²) in [6, 6.07) is 0. The first-order chi connectivity index (χ1) is 6.15. The first kappa shape index (κ1) is 8.74. The minimum atomic E-state index is 0.300. The molecule has 0 saturated heterocycles. The molecule has 0 amide bonds. The second kappa shape index (κ2) is 2.83. The van der Waals surface area contributed by atoms with Gasteiger partial charge >= 0.3 is 0 Å². The molecule has 0 fully saturated rings. The highest BCUT2D eigenvalue weighted by molar-refractivity contribution is 5.91. The number of allylic oxidation sites excluding steroid dienone is 4. The van der Waals surface area contributed by atoms with Crippen LogP contribution in [0.3, 0.4) is 0 Å². The van der Waals surface area contributed by atoms with Gasteiger partial charge in [-0.15, -0.1) is 0 Å². The number of carbonyl (C=O) groups excluding carboxylic acids is 1. The Balaban J connectivity index is 2.34. The van der Waals surface area contributed by atoms with Gasteiger partial charge in [0.15, 0.2) is 5.78 Å². The van der Waals surface area contributed by atoms with Gasteiger partial charge in [0.05, 0.1) is 0 Å². The van der Waals surface area contributed by atoms with Gasteiger partial charge in [-0.05, 0) is 31.8 Å². The Kier molecular flexibility index (Phi) is 1.90. The molecule has 2 aliphatic rings. The van der Waals surface area contributed by atoms with E-state index in [2.05, 4.69) is 26.0 Å². The quantitative estimate of drug-likeness (QED) is 0.519. The zero-order valence-electron chi connectivity index (χ0n) is 8.34. The molecule has 0 aromatic carbocycles. The fourth-order valence-corrected chi connectivity index (χ4v) is 2.70. The molecule has 0 aromatic rings. The van der Waals surface area contributed by atoms with Crippen LogP contribution in [0.15, 0.2) is 23.8 Å². The predicted octanol–water partition coefficient (Wildman–Crippen LogP) is 2.88. The van der Waals surface area contributed by atoms with Crippen molar-refractivity contribution in [2.24, 2.45) is 11.3 Å². The van der Waals surface area contributed by atoms with E-state index in [0.717, 1.165) is 19.3 Å². The zero-order chi connectivity index (χ0) is 9.47. The van der Waals surface area contributed by atoms with E-state index in [0.29, 0.717) is 17.1 Å². The van der Waals surface area contributed by atoms with Gasteiger partial charge in [0.25, 0.3) is 0 Å². The van der Waals surface area contributed by atoms with Gasteiger partial charge in [0, 0.05) is 11.8 Å². The van der Waals surface area contributed by atoms with E-state index in [1.54, 1.807) is 0 Å². The van der Waals surface area contributed by atoms with Crippen molar-refractivity contribution in [3.05, 3.63) is 23.8 Å². The lowest BCUT2D eigenvalue weighted by molar-refractivity contribution is -0.115. The Hall–Kier alpha value is -0.850. The SMILES string of the molecule is CC1=CC(=O)CC[C@@]12CC=C[C@@H]2C. The molecule has 0 heterocycles. The lowest BCUT2D eigenvalue weighted by atomic mass is 9.66. The molecule has 0 aromatic heterocycles. The molecule has 0 aliphatic heterocycles. The second-order valence-corrected chi connectivity index (χ2v) is 4.37. The maximum Gasteiger partial charge on any atom is 0.155 e. The van der Waals surface area contributed by atoms with Crippen LogP contribution < -0.4 is 0 Å².